The summed E-state index contributed by atoms with van der Waals surface area (Å²) in [6, 6.07) is 9.71. The monoisotopic (exact) mass is 284 g/mol. The number of fused-ring (bicyclic) bond motifs is 1. The summed E-state index contributed by atoms with van der Waals surface area (Å²) in [5, 5.41) is 1.60. The minimum absolute atomic E-state index is 0.598. The van der Waals surface area contributed by atoms with Gasteiger partial charge in [-0.2, -0.15) is 0 Å². The summed E-state index contributed by atoms with van der Waals surface area (Å²) in [7, 11) is 0. The fourth-order valence-electron chi connectivity index (χ4n) is 2.33. The zero-order chi connectivity index (χ0) is 14.1. The molecule has 0 saturated heterocycles. The van der Waals surface area contributed by atoms with E-state index in [-0.39, 0.29) is 0 Å². The van der Waals surface area contributed by atoms with Crippen molar-refractivity contribution in [3.8, 4) is 0 Å². The number of aldehydes is 1. The zero-order valence-electron chi connectivity index (χ0n) is 11.0. The van der Waals surface area contributed by atoms with Gasteiger partial charge in [-0.05, 0) is 36.2 Å². The van der Waals surface area contributed by atoms with E-state index in [9.17, 15) is 4.79 Å². The number of carbonyl (C=O) groups is 1. The molecule has 1 aromatic carbocycles. The van der Waals surface area contributed by atoms with E-state index in [1.54, 1.807) is 6.20 Å². The van der Waals surface area contributed by atoms with Crippen molar-refractivity contribution in [3.63, 3.8) is 0 Å². The van der Waals surface area contributed by atoms with Crippen molar-refractivity contribution in [1.82, 2.24) is 9.55 Å². The molecule has 0 radical (unpaired) electrons. The van der Waals surface area contributed by atoms with Crippen LogP contribution in [0.1, 0.15) is 21.5 Å². The number of halogens is 1. The quantitative estimate of drug-likeness (QED) is 0.685. The number of benzene rings is 1. The van der Waals surface area contributed by atoms with Crippen molar-refractivity contribution >= 4 is 28.9 Å². The van der Waals surface area contributed by atoms with Crippen LogP contribution in [0.3, 0.4) is 0 Å². The van der Waals surface area contributed by atoms with E-state index in [0.717, 1.165) is 33.5 Å². The van der Waals surface area contributed by atoms with Gasteiger partial charge in [0.2, 0.25) is 0 Å². The number of carbonyl (C=O) groups excluding carboxylic acids is 1. The first-order valence-corrected chi connectivity index (χ1v) is 6.71. The Hall–Kier alpha value is -2.13. The van der Waals surface area contributed by atoms with Crippen LogP contribution < -0.4 is 0 Å². The Morgan fingerprint density at radius 2 is 2.20 bits per heavy atom. The maximum absolute atomic E-state index is 11.1. The summed E-state index contributed by atoms with van der Waals surface area (Å²) in [6.07, 6.45) is 4.41. The van der Waals surface area contributed by atoms with Gasteiger partial charge in [0.1, 0.15) is 5.65 Å². The van der Waals surface area contributed by atoms with Crippen molar-refractivity contribution in [1.29, 1.82) is 0 Å². The maximum Gasteiger partial charge on any atom is 0.152 e. The number of aromatic nitrogens is 2. The Morgan fingerprint density at radius 1 is 1.35 bits per heavy atom. The molecule has 0 atom stereocenters. The highest BCUT2D eigenvalue weighted by Gasteiger charge is 2.10. The molecule has 0 bridgehead atoms. The standard InChI is InChI=1S/C16H13ClN2O/c1-11-4-5-12(15(17)7-11)8-19-9-13(10-20)14-3-2-6-18-16(14)19/h2-7,9-10H,8H2,1H3. The van der Waals surface area contributed by atoms with Crippen LogP contribution in [0.4, 0.5) is 0 Å². The Morgan fingerprint density at radius 3 is 2.95 bits per heavy atom. The summed E-state index contributed by atoms with van der Waals surface area (Å²) >= 11 is 6.27. The van der Waals surface area contributed by atoms with Crippen LogP contribution in [0.15, 0.2) is 42.7 Å². The highest BCUT2D eigenvalue weighted by Crippen LogP contribution is 2.23. The molecular formula is C16H13ClN2O. The predicted molar refractivity (Wildman–Crippen MR) is 80.4 cm³/mol. The molecule has 0 saturated carbocycles. The minimum Gasteiger partial charge on any atom is -0.327 e. The van der Waals surface area contributed by atoms with E-state index >= 15 is 0 Å². The lowest BCUT2D eigenvalue weighted by Gasteiger charge is -2.07. The van der Waals surface area contributed by atoms with Crippen LogP contribution in [-0.2, 0) is 6.54 Å². The van der Waals surface area contributed by atoms with Crippen LogP contribution in [0.25, 0.3) is 11.0 Å². The molecule has 3 nitrogen and oxygen atoms in total. The Balaban J connectivity index is 2.09. The third-order valence-electron chi connectivity index (χ3n) is 3.34. The van der Waals surface area contributed by atoms with Gasteiger partial charge >= 0.3 is 0 Å². The maximum atomic E-state index is 11.1. The van der Waals surface area contributed by atoms with Crippen LogP contribution in [0.2, 0.25) is 5.02 Å². The molecule has 2 aromatic heterocycles. The lowest BCUT2D eigenvalue weighted by atomic mass is 10.1. The van der Waals surface area contributed by atoms with Gasteiger partial charge in [-0.3, -0.25) is 4.79 Å². The van der Waals surface area contributed by atoms with Crippen molar-refractivity contribution in [3.05, 3.63) is 64.4 Å². The van der Waals surface area contributed by atoms with Gasteiger partial charge in [-0.15, -0.1) is 0 Å². The van der Waals surface area contributed by atoms with Gasteiger partial charge in [0.25, 0.3) is 0 Å². The second-order valence-corrected chi connectivity index (χ2v) is 5.21. The van der Waals surface area contributed by atoms with Crippen LogP contribution >= 0.6 is 11.6 Å². The number of hydrogen-bond donors (Lipinski definition) is 0. The highest BCUT2D eigenvalue weighted by atomic mass is 35.5. The summed E-state index contributed by atoms with van der Waals surface area (Å²) < 4.78 is 1.95. The van der Waals surface area contributed by atoms with Gasteiger partial charge in [0.05, 0.1) is 6.54 Å². The lowest BCUT2D eigenvalue weighted by molar-refractivity contribution is 0.112. The summed E-state index contributed by atoms with van der Waals surface area (Å²) in [6.45, 7) is 2.60. The van der Waals surface area contributed by atoms with E-state index in [4.69, 9.17) is 11.6 Å². The number of aryl methyl sites for hydroxylation is 1. The fourth-order valence-corrected chi connectivity index (χ4v) is 2.62. The van der Waals surface area contributed by atoms with E-state index in [2.05, 4.69) is 4.98 Å². The number of rotatable bonds is 3. The molecule has 0 unspecified atom stereocenters. The molecule has 0 aliphatic rings. The zero-order valence-corrected chi connectivity index (χ0v) is 11.8. The second-order valence-electron chi connectivity index (χ2n) is 4.80. The van der Waals surface area contributed by atoms with Crippen molar-refractivity contribution in [2.24, 2.45) is 0 Å². The molecule has 2 heterocycles. The van der Waals surface area contributed by atoms with Gasteiger partial charge in [0, 0.05) is 28.4 Å². The second kappa shape index (κ2) is 5.10. The molecule has 3 rings (SSSR count). The average molecular weight is 285 g/mol. The molecule has 4 heteroatoms. The van der Waals surface area contributed by atoms with E-state index in [0.29, 0.717) is 12.1 Å². The van der Waals surface area contributed by atoms with E-state index < -0.39 is 0 Å². The first kappa shape index (κ1) is 12.9. The van der Waals surface area contributed by atoms with Crippen LogP contribution in [-0.4, -0.2) is 15.8 Å². The number of pyridine rings is 1. The van der Waals surface area contributed by atoms with E-state index in [1.807, 2.05) is 48.0 Å². The van der Waals surface area contributed by atoms with E-state index in [1.165, 1.54) is 0 Å². The SMILES string of the molecule is Cc1ccc(Cn2cc(C=O)c3cccnc32)c(Cl)c1. The molecule has 0 amide bonds. The fraction of sp³-hybridized carbons (Fsp3) is 0.125. The summed E-state index contributed by atoms with van der Waals surface area (Å²) in [4.78, 5) is 15.5. The van der Waals surface area contributed by atoms with Gasteiger partial charge in [0.15, 0.2) is 6.29 Å². The topological polar surface area (TPSA) is 34.9 Å². The molecule has 3 aromatic rings. The molecule has 100 valence electrons. The van der Waals surface area contributed by atoms with Crippen molar-refractivity contribution in [2.45, 2.75) is 13.5 Å². The molecule has 0 spiro atoms. The Bertz CT molecular complexity index is 792. The first-order valence-electron chi connectivity index (χ1n) is 6.33. The largest absolute Gasteiger partial charge is 0.327 e. The summed E-state index contributed by atoms with van der Waals surface area (Å²) in [5.74, 6) is 0. The molecule has 20 heavy (non-hydrogen) atoms. The van der Waals surface area contributed by atoms with Gasteiger partial charge < -0.3 is 4.57 Å². The molecule has 0 aliphatic carbocycles. The molecular weight excluding hydrogens is 272 g/mol. The third kappa shape index (κ3) is 2.21. The van der Waals surface area contributed by atoms with Gasteiger partial charge in [-0.1, -0.05) is 23.7 Å². The van der Waals surface area contributed by atoms with Crippen LogP contribution in [0, 0.1) is 6.92 Å². The highest BCUT2D eigenvalue weighted by molar-refractivity contribution is 6.31. The van der Waals surface area contributed by atoms with Crippen molar-refractivity contribution in [2.75, 3.05) is 0 Å². The number of hydrogen-bond acceptors (Lipinski definition) is 2. The average Bonchev–Trinajstić information content (AvgIpc) is 2.80. The third-order valence-corrected chi connectivity index (χ3v) is 3.69. The smallest absolute Gasteiger partial charge is 0.152 e. The normalized spacial score (nSPS) is 10.9. The van der Waals surface area contributed by atoms with Crippen molar-refractivity contribution < 1.29 is 4.79 Å². The Labute approximate surface area is 121 Å². The Kier molecular flexibility index (Phi) is 3.28. The first-order chi connectivity index (χ1) is 9.69. The summed E-state index contributed by atoms with van der Waals surface area (Å²) in [5.41, 5.74) is 3.59. The molecule has 0 fully saturated rings. The minimum atomic E-state index is 0.598. The molecule has 0 N–H and O–H groups in total. The van der Waals surface area contributed by atoms with Gasteiger partial charge in [-0.25, -0.2) is 4.98 Å². The predicted octanol–water partition coefficient (Wildman–Crippen LogP) is 3.86. The molecule has 0 aliphatic heterocycles. The number of nitrogens with zero attached hydrogens (tertiary/aromatic N) is 2. The lowest BCUT2D eigenvalue weighted by Crippen LogP contribution is -2.00. The van der Waals surface area contributed by atoms with Crippen LogP contribution in [0.5, 0.6) is 0 Å².